The maximum absolute atomic E-state index is 12.1. The predicted octanol–water partition coefficient (Wildman–Crippen LogP) is 3.13. The summed E-state index contributed by atoms with van der Waals surface area (Å²) in [5.74, 6) is -0.839. The average molecular weight is 327 g/mol. The van der Waals surface area contributed by atoms with Crippen LogP contribution in [0.2, 0.25) is 10.0 Å². The van der Waals surface area contributed by atoms with Gasteiger partial charge in [-0.25, -0.2) is 4.98 Å². The number of nitrogens with two attached hydrogens (primary N) is 1. The molecular formula is C12H8Cl2N4O3. The molecule has 1 amide bonds. The first-order valence-corrected chi connectivity index (χ1v) is 6.32. The number of halogens is 2. The van der Waals surface area contributed by atoms with E-state index in [4.69, 9.17) is 28.9 Å². The number of nitrogens with zero attached hydrogens (tertiary/aromatic N) is 2. The Morgan fingerprint density at radius 3 is 2.38 bits per heavy atom. The number of aromatic nitrogens is 1. The molecule has 0 radical (unpaired) electrons. The summed E-state index contributed by atoms with van der Waals surface area (Å²) < 4.78 is 0. The summed E-state index contributed by atoms with van der Waals surface area (Å²) >= 11 is 11.8. The number of carbonyl (C=O) groups excluding carboxylic acids is 1. The first-order chi connectivity index (χ1) is 9.90. The van der Waals surface area contributed by atoms with Crippen LogP contribution in [0.4, 0.5) is 17.3 Å². The molecule has 1 heterocycles. The molecule has 1 aromatic carbocycles. The fourth-order valence-corrected chi connectivity index (χ4v) is 2.15. The fourth-order valence-electron chi connectivity index (χ4n) is 1.59. The number of pyridine rings is 1. The normalized spacial score (nSPS) is 10.2. The number of rotatable bonds is 3. The number of hydrogen-bond acceptors (Lipinski definition) is 5. The summed E-state index contributed by atoms with van der Waals surface area (Å²) in [5.41, 5.74) is 5.18. The van der Waals surface area contributed by atoms with Crippen LogP contribution in [0.25, 0.3) is 0 Å². The minimum atomic E-state index is -0.668. The Hall–Kier alpha value is -2.38. The number of benzene rings is 1. The molecule has 0 unspecified atom stereocenters. The molecule has 2 rings (SSSR count). The van der Waals surface area contributed by atoms with E-state index in [2.05, 4.69) is 10.3 Å². The smallest absolute Gasteiger partial charge is 0.311 e. The fraction of sp³-hybridized carbons (Fsp3) is 0. The molecule has 0 aliphatic heterocycles. The van der Waals surface area contributed by atoms with E-state index in [1.807, 2.05) is 0 Å². The van der Waals surface area contributed by atoms with E-state index in [9.17, 15) is 14.9 Å². The Balaban J connectivity index is 2.28. The van der Waals surface area contributed by atoms with Gasteiger partial charge in [0.15, 0.2) is 0 Å². The average Bonchev–Trinajstić information content (AvgIpc) is 2.37. The lowest BCUT2D eigenvalue weighted by atomic mass is 10.2. The van der Waals surface area contributed by atoms with Gasteiger partial charge < -0.3 is 11.1 Å². The van der Waals surface area contributed by atoms with Crippen molar-refractivity contribution in [1.82, 2.24) is 4.98 Å². The summed E-state index contributed by atoms with van der Waals surface area (Å²) in [5, 5.41) is 13.4. The molecule has 9 heteroatoms. The van der Waals surface area contributed by atoms with E-state index >= 15 is 0 Å². The van der Waals surface area contributed by atoms with Crippen molar-refractivity contribution in [2.24, 2.45) is 0 Å². The number of nitro groups is 1. The number of nitrogens with one attached hydrogen (secondary N) is 1. The van der Waals surface area contributed by atoms with Gasteiger partial charge in [-0.15, -0.1) is 0 Å². The third-order valence-electron chi connectivity index (χ3n) is 2.53. The lowest BCUT2D eigenvalue weighted by Crippen LogP contribution is -2.14. The van der Waals surface area contributed by atoms with Gasteiger partial charge in [-0.1, -0.05) is 29.3 Å². The van der Waals surface area contributed by atoms with Crippen molar-refractivity contribution in [3.63, 3.8) is 0 Å². The number of nitrogen functional groups attached to an aromatic ring is 1. The molecule has 7 nitrogen and oxygen atoms in total. The number of hydrogen-bond donors (Lipinski definition) is 2. The van der Waals surface area contributed by atoms with Crippen LogP contribution >= 0.6 is 23.2 Å². The summed E-state index contributed by atoms with van der Waals surface area (Å²) in [6.45, 7) is 0. The quantitative estimate of drug-likeness (QED) is 0.664. The van der Waals surface area contributed by atoms with Gasteiger partial charge in [0.05, 0.1) is 20.5 Å². The van der Waals surface area contributed by atoms with Crippen molar-refractivity contribution >= 4 is 46.4 Å². The van der Waals surface area contributed by atoms with Crippen LogP contribution in [0, 0.1) is 10.1 Å². The standard InChI is InChI=1S/C12H8Cl2N4O3/c13-6-2-1-3-7(14)10(6)12(19)17-9-5-4-8(18(20)21)11(15)16-9/h1-5H,(H3,15,16,17,19). The number of carbonyl (C=O) groups is 1. The van der Waals surface area contributed by atoms with Gasteiger partial charge in [0.25, 0.3) is 5.91 Å². The van der Waals surface area contributed by atoms with E-state index in [0.29, 0.717) is 0 Å². The second-order valence-corrected chi connectivity index (χ2v) is 4.72. The van der Waals surface area contributed by atoms with E-state index < -0.39 is 10.8 Å². The lowest BCUT2D eigenvalue weighted by molar-refractivity contribution is -0.384. The van der Waals surface area contributed by atoms with Gasteiger partial charge in [-0.3, -0.25) is 14.9 Å². The molecule has 0 atom stereocenters. The molecule has 0 bridgehead atoms. The van der Waals surface area contributed by atoms with Crippen molar-refractivity contribution in [3.05, 3.63) is 56.1 Å². The maximum Gasteiger partial charge on any atom is 0.311 e. The molecule has 1 aromatic heterocycles. The topological polar surface area (TPSA) is 111 Å². The van der Waals surface area contributed by atoms with Crippen LogP contribution < -0.4 is 11.1 Å². The molecule has 0 aliphatic rings. The zero-order chi connectivity index (χ0) is 15.6. The molecule has 0 saturated carbocycles. The molecule has 0 spiro atoms. The predicted molar refractivity (Wildman–Crippen MR) is 79.7 cm³/mol. The Labute approximate surface area is 128 Å². The Morgan fingerprint density at radius 2 is 1.86 bits per heavy atom. The number of amides is 1. The van der Waals surface area contributed by atoms with Crippen LogP contribution in [0.5, 0.6) is 0 Å². The second kappa shape index (κ2) is 5.94. The largest absolute Gasteiger partial charge is 0.378 e. The first kappa shape index (κ1) is 15.0. The second-order valence-electron chi connectivity index (χ2n) is 3.91. The number of anilines is 2. The van der Waals surface area contributed by atoms with Crippen molar-refractivity contribution in [2.75, 3.05) is 11.1 Å². The third kappa shape index (κ3) is 3.21. The molecule has 0 aliphatic carbocycles. The third-order valence-corrected chi connectivity index (χ3v) is 3.16. The molecule has 0 saturated heterocycles. The van der Waals surface area contributed by atoms with Crippen molar-refractivity contribution in [1.29, 1.82) is 0 Å². The van der Waals surface area contributed by atoms with Gasteiger partial charge in [0.1, 0.15) is 5.82 Å². The summed E-state index contributed by atoms with van der Waals surface area (Å²) in [6, 6.07) is 7.03. The maximum atomic E-state index is 12.1. The van der Waals surface area contributed by atoms with Crippen molar-refractivity contribution < 1.29 is 9.72 Å². The minimum Gasteiger partial charge on any atom is -0.378 e. The van der Waals surface area contributed by atoms with E-state index in [1.165, 1.54) is 18.2 Å². The van der Waals surface area contributed by atoms with Gasteiger partial charge >= 0.3 is 5.69 Å². The summed E-state index contributed by atoms with van der Waals surface area (Å²) in [7, 11) is 0. The highest BCUT2D eigenvalue weighted by molar-refractivity contribution is 6.40. The highest BCUT2D eigenvalue weighted by Crippen LogP contribution is 2.26. The van der Waals surface area contributed by atoms with Crippen LogP contribution in [-0.4, -0.2) is 15.8 Å². The first-order valence-electron chi connectivity index (χ1n) is 5.56. The zero-order valence-electron chi connectivity index (χ0n) is 10.3. The molecular weight excluding hydrogens is 319 g/mol. The van der Waals surface area contributed by atoms with Crippen LogP contribution in [0.1, 0.15) is 10.4 Å². The minimum absolute atomic E-state index is 0.0547. The lowest BCUT2D eigenvalue weighted by Gasteiger charge is -2.08. The van der Waals surface area contributed by atoms with Crippen molar-refractivity contribution in [3.8, 4) is 0 Å². The van der Waals surface area contributed by atoms with Crippen LogP contribution in [-0.2, 0) is 0 Å². The van der Waals surface area contributed by atoms with E-state index in [1.54, 1.807) is 6.07 Å². The SMILES string of the molecule is Nc1nc(NC(=O)c2c(Cl)cccc2Cl)ccc1[N+](=O)[O-]. The Kier molecular flexibility index (Phi) is 4.25. The van der Waals surface area contributed by atoms with Gasteiger partial charge in [-0.05, 0) is 18.2 Å². The summed E-state index contributed by atoms with van der Waals surface area (Å²) in [6.07, 6.45) is 0. The van der Waals surface area contributed by atoms with Crippen molar-refractivity contribution in [2.45, 2.75) is 0 Å². The van der Waals surface area contributed by atoms with Gasteiger partial charge in [-0.2, -0.15) is 0 Å². The molecule has 3 N–H and O–H groups in total. The Morgan fingerprint density at radius 1 is 1.24 bits per heavy atom. The van der Waals surface area contributed by atoms with E-state index in [0.717, 1.165) is 6.07 Å². The highest BCUT2D eigenvalue weighted by Gasteiger charge is 2.17. The molecule has 0 fully saturated rings. The summed E-state index contributed by atoms with van der Waals surface area (Å²) in [4.78, 5) is 25.8. The zero-order valence-corrected chi connectivity index (χ0v) is 11.9. The highest BCUT2D eigenvalue weighted by atomic mass is 35.5. The van der Waals surface area contributed by atoms with Crippen LogP contribution in [0.3, 0.4) is 0 Å². The molecule has 21 heavy (non-hydrogen) atoms. The van der Waals surface area contributed by atoms with Gasteiger partial charge in [0, 0.05) is 6.07 Å². The van der Waals surface area contributed by atoms with Gasteiger partial charge in [0.2, 0.25) is 5.82 Å². The monoisotopic (exact) mass is 326 g/mol. The van der Waals surface area contributed by atoms with Crippen LogP contribution in [0.15, 0.2) is 30.3 Å². The Bertz CT molecular complexity index is 716. The van der Waals surface area contributed by atoms with E-state index in [-0.39, 0.29) is 32.9 Å². The molecule has 2 aromatic rings. The molecule has 108 valence electrons.